The molecule has 142 valence electrons. The molecule has 0 aliphatic carbocycles. The number of likely N-dealkylation sites (tertiary alicyclic amines) is 1. The Morgan fingerprint density at radius 1 is 1.22 bits per heavy atom. The van der Waals surface area contributed by atoms with Gasteiger partial charge < -0.3 is 14.5 Å². The van der Waals surface area contributed by atoms with Gasteiger partial charge in [0.1, 0.15) is 17.1 Å². The number of aromatic nitrogens is 1. The minimum atomic E-state index is 0.0395. The first-order chi connectivity index (χ1) is 13.0. The van der Waals surface area contributed by atoms with Crippen LogP contribution in [0.25, 0.3) is 0 Å². The van der Waals surface area contributed by atoms with E-state index in [0.29, 0.717) is 35.5 Å². The number of fused-ring (bicyclic) bond motifs is 2. The lowest BCUT2D eigenvalue weighted by Gasteiger charge is -2.51. The third-order valence-corrected chi connectivity index (χ3v) is 6.80. The predicted octanol–water partition coefficient (Wildman–Crippen LogP) is 2.70. The van der Waals surface area contributed by atoms with Crippen molar-refractivity contribution in [3.05, 3.63) is 46.8 Å². The normalized spacial score (nSPS) is 31.9. The summed E-state index contributed by atoms with van der Waals surface area (Å²) in [6.45, 7) is 6.53. The summed E-state index contributed by atoms with van der Waals surface area (Å²) >= 11 is 0. The Morgan fingerprint density at radius 2 is 2.00 bits per heavy atom. The lowest BCUT2D eigenvalue weighted by atomic mass is 9.75. The number of aromatic hydroxyl groups is 1. The monoisotopic (exact) mass is 367 g/mol. The fraction of sp³-hybridized carbons (Fsp3) is 0.524. The van der Waals surface area contributed by atoms with Crippen LogP contribution in [0.2, 0.25) is 0 Å². The smallest absolute Gasteiger partial charge is 0.259 e. The van der Waals surface area contributed by atoms with Crippen LogP contribution in [-0.2, 0) is 0 Å². The second kappa shape index (κ2) is 6.09. The van der Waals surface area contributed by atoms with E-state index in [1.165, 1.54) is 0 Å². The van der Waals surface area contributed by atoms with E-state index in [2.05, 4.69) is 21.0 Å². The number of nitrogens with zero attached hydrogens (tertiary/aromatic N) is 3. The third-order valence-electron chi connectivity index (χ3n) is 6.80. The molecule has 6 heteroatoms. The largest absolute Gasteiger partial charge is 0.508 e. The molecule has 1 amide bonds. The summed E-state index contributed by atoms with van der Waals surface area (Å²) in [5, 5.41) is 14.0. The predicted molar refractivity (Wildman–Crippen MR) is 99.7 cm³/mol. The number of phenols is 1. The number of amides is 1. The van der Waals surface area contributed by atoms with Gasteiger partial charge >= 0.3 is 0 Å². The summed E-state index contributed by atoms with van der Waals surface area (Å²) < 4.78 is 5.26. The van der Waals surface area contributed by atoms with Crippen molar-refractivity contribution in [2.24, 2.45) is 5.92 Å². The quantitative estimate of drug-likeness (QED) is 0.884. The van der Waals surface area contributed by atoms with E-state index in [9.17, 15) is 9.90 Å². The van der Waals surface area contributed by atoms with Crippen molar-refractivity contribution < 1.29 is 14.4 Å². The van der Waals surface area contributed by atoms with Gasteiger partial charge in [-0.3, -0.25) is 9.69 Å². The summed E-state index contributed by atoms with van der Waals surface area (Å²) in [7, 11) is 0. The zero-order valence-corrected chi connectivity index (χ0v) is 15.8. The summed E-state index contributed by atoms with van der Waals surface area (Å²) in [6.07, 6.45) is 2.30. The van der Waals surface area contributed by atoms with Crippen LogP contribution in [0.3, 0.4) is 0 Å². The Kier molecular flexibility index (Phi) is 3.79. The fourth-order valence-corrected chi connectivity index (χ4v) is 5.64. The Labute approximate surface area is 158 Å². The SMILES string of the molecule is Cc1noc(C)c1C(=O)N1C[C@@H](c2cccc(O)c2)[C@@H]2[C@H]1C1CCN2CC1. The van der Waals surface area contributed by atoms with Gasteiger partial charge in [0.2, 0.25) is 0 Å². The van der Waals surface area contributed by atoms with Crippen LogP contribution in [0.1, 0.15) is 46.1 Å². The average molecular weight is 367 g/mol. The lowest BCUT2D eigenvalue weighted by Crippen LogP contribution is -2.60. The van der Waals surface area contributed by atoms with Crippen molar-refractivity contribution >= 4 is 5.91 Å². The van der Waals surface area contributed by atoms with Gasteiger partial charge in [-0.1, -0.05) is 17.3 Å². The van der Waals surface area contributed by atoms with Gasteiger partial charge in [0.25, 0.3) is 5.91 Å². The molecule has 6 rings (SSSR count). The highest BCUT2D eigenvalue weighted by atomic mass is 16.5. The molecule has 5 heterocycles. The summed E-state index contributed by atoms with van der Waals surface area (Å²) in [5.74, 6) is 1.69. The van der Waals surface area contributed by atoms with Gasteiger partial charge in [-0.15, -0.1) is 0 Å². The zero-order valence-electron chi connectivity index (χ0n) is 15.8. The third kappa shape index (κ3) is 2.50. The first kappa shape index (κ1) is 16.8. The topological polar surface area (TPSA) is 69.8 Å². The molecule has 0 unspecified atom stereocenters. The molecule has 1 aromatic heterocycles. The Bertz CT molecular complexity index is 865. The molecule has 4 fully saturated rings. The molecule has 4 aliphatic heterocycles. The van der Waals surface area contributed by atoms with Crippen LogP contribution in [0.4, 0.5) is 0 Å². The molecule has 1 aromatic carbocycles. The average Bonchev–Trinajstić information content (AvgIpc) is 3.24. The lowest BCUT2D eigenvalue weighted by molar-refractivity contribution is -0.00348. The van der Waals surface area contributed by atoms with E-state index in [4.69, 9.17) is 4.52 Å². The Morgan fingerprint density at radius 3 is 2.67 bits per heavy atom. The highest BCUT2D eigenvalue weighted by Crippen LogP contribution is 2.47. The molecule has 4 saturated heterocycles. The van der Waals surface area contributed by atoms with Gasteiger partial charge in [-0.25, -0.2) is 0 Å². The van der Waals surface area contributed by atoms with Crippen LogP contribution < -0.4 is 0 Å². The molecule has 1 N–H and O–H groups in total. The van der Waals surface area contributed by atoms with Crippen molar-refractivity contribution in [2.75, 3.05) is 19.6 Å². The number of hydrogen-bond acceptors (Lipinski definition) is 5. The van der Waals surface area contributed by atoms with E-state index >= 15 is 0 Å². The molecule has 3 atom stereocenters. The zero-order chi connectivity index (χ0) is 18.7. The number of phenolic OH excluding ortho intramolecular Hbond substituents is 1. The van der Waals surface area contributed by atoms with Crippen molar-refractivity contribution in [3.63, 3.8) is 0 Å². The molecular weight excluding hydrogens is 342 g/mol. The number of carbonyl (C=O) groups excluding carboxylic acids is 1. The first-order valence-corrected chi connectivity index (χ1v) is 9.81. The number of piperidine rings is 3. The van der Waals surface area contributed by atoms with Crippen LogP contribution >= 0.6 is 0 Å². The van der Waals surface area contributed by atoms with E-state index in [-0.39, 0.29) is 23.6 Å². The van der Waals surface area contributed by atoms with E-state index in [0.717, 1.165) is 31.5 Å². The number of benzene rings is 1. The molecule has 0 saturated carbocycles. The summed E-state index contributed by atoms with van der Waals surface area (Å²) in [5.41, 5.74) is 2.39. The minimum absolute atomic E-state index is 0.0395. The molecule has 6 nitrogen and oxygen atoms in total. The van der Waals surface area contributed by atoms with E-state index in [1.807, 2.05) is 26.0 Å². The van der Waals surface area contributed by atoms with Crippen LogP contribution in [0, 0.1) is 19.8 Å². The maximum atomic E-state index is 13.5. The van der Waals surface area contributed by atoms with Crippen molar-refractivity contribution in [1.29, 1.82) is 0 Å². The summed E-state index contributed by atoms with van der Waals surface area (Å²) in [6, 6.07) is 8.08. The minimum Gasteiger partial charge on any atom is -0.508 e. The number of hydrogen-bond donors (Lipinski definition) is 1. The number of rotatable bonds is 2. The second-order valence-corrected chi connectivity index (χ2v) is 8.21. The highest BCUT2D eigenvalue weighted by molar-refractivity contribution is 5.96. The standard InChI is InChI=1S/C21H25N3O3/c1-12-18(13(2)27-22-12)21(26)24-11-17(15-4-3-5-16(25)10-15)20-19(24)14-6-8-23(20)9-7-14/h3-5,10,14,17,19-20,25H,6-9,11H2,1-2H3/t17-,19+,20+/m0/s1. The first-order valence-electron chi connectivity index (χ1n) is 9.81. The number of carbonyl (C=O) groups is 1. The van der Waals surface area contributed by atoms with Gasteiger partial charge in [0.05, 0.1) is 11.7 Å². The number of aryl methyl sites for hydroxylation is 2. The molecule has 0 spiro atoms. The van der Waals surface area contributed by atoms with Crippen LogP contribution in [0.5, 0.6) is 5.75 Å². The molecule has 27 heavy (non-hydrogen) atoms. The van der Waals surface area contributed by atoms with E-state index < -0.39 is 0 Å². The summed E-state index contributed by atoms with van der Waals surface area (Å²) in [4.78, 5) is 18.1. The van der Waals surface area contributed by atoms with Gasteiger partial charge in [0.15, 0.2) is 0 Å². The Balaban J connectivity index is 1.56. The van der Waals surface area contributed by atoms with Crippen LogP contribution in [-0.4, -0.2) is 57.7 Å². The van der Waals surface area contributed by atoms with Crippen LogP contribution in [0.15, 0.2) is 28.8 Å². The van der Waals surface area contributed by atoms with E-state index in [1.54, 1.807) is 6.07 Å². The Hall–Kier alpha value is -2.34. The van der Waals surface area contributed by atoms with Crippen molar-refractivity contribution in [1.82, 2.24) is 15.0 Å². The molecule has 0 radical (unpaired) electrons. The highest BCUT2D eigenvalue weighted by Gasteiger charge is 2.55. The van der Waals surface area contributed by atoms with Crippen molar-refractivity contribution in [3.8, 4) is 5.75 Å². The van der Waals surface area contributed by atoms with Crippen molar-refractivity contribution in [2.45, 2.75) is 44.7 Å². The molecular formula is C21H25N3O3. The second-order valence-electron chi connectivity index (χ2n) is 8.21. The van der Waals surface area contributed by atoms with Gasteiger partial charge in [-0.2, -0.15) is 0 Å². The maximum absolute atomic E-state index is 13.5. The molecule has 2 bridgehead atoms. The molecule has 2 aromatic rings. The maximum Gasteiger partial charge on any atom is 0.259 e. The fourth-order valence-electron chi connectivity index (χ4n) is 5.64. The van der Waals surface area contributed by atoms with Gasteiger partial charge in [0, 0.05) is 18.5 Å². The molecule has 4 aliphatic rings. The van der Waals surface area contributed by atoms with Gasteiger partial charge in [-0.05, 0) is 63.4 Å².